The second-order valence-corrected chi connectivity index (χ2v) is 9.31. The number of hydrogen-bond acceptors (Lipinski definition) is 5. The zero-order valence-electron chi connectivity index (χ0n) is 13.4. The summed E-state index contributed by atoms with van der Waals surface area (Å²) < 4.78 is 42.8. The van der Waals surface area contributed by atoms with Crippen molar-refractivity contribution in [3.8, 4) is 0 Å². The molecule has 0 radical (unpaired) electrons. The van der Waals surface area contributed by atoms with E-state index in [1.807, 2.05) is 0 Å². The fourth-order valence-electron chi connectivity index (χ4n) is 3.48. The van der Waals surface area contributed by atoms with Gasteiger partial charge in [0.1, 0.15) is 0 Å². The fraction of sp³-hybridized carbons (Fsp3) is 0.750. The predicted molar refractivity (Wildman–Crippen MR) is 85.2 cm³/mol. The average Bonchev–Trinajstić information content (AvgIpc) is 3.01. The van der Waals surface area contributed by atoms with Gasteiger partial charge in [-0.2, -0.15) is 4.98 Å². The maximum atomic E-state index is 14.3. The minimum atomic E-state index is -3.00. The van der Waals surface area contributed by atoms with Crippen LogP contribution >= 0.6 is 0 Å². The molecule has 0 spiro atoms. The molecule has 1 aliphatic carbocycles. The molecule has 0 bridgehead atoms. The summed E-state index contributed by atoms with van der Waals surface area (Å²) >= 11 is 0. The highest BCUT2D eigenvalue weighted by atomic mass is 32.2. The van der Waals surface area contributed by atoms with Crippen LogP contribution in [0.5, 0.6) is 0 Å². The van der Waals surface area contributed by atoms with Gasteiger partial charge in [-0.05, 0) is 44.6 Å². The standard InChI is InChI=1S/C16H23FN2O3S/c1-11-9-13(7-8-23(11,20)21)15-18-16(22-19-15)14(17)10-12-5-3-2-4-6-12/h10-13H,2-9H2,1H3/b14-10-/t11-,13+/m1/s1. The van der Waals surface area contributed by atoms with E-state index >= 15 is 0 Å². The van der Waals surface area contributed by atoms with E-state index in [0.29, 0.717) is 18.7 Å². The Morgan fingerprint density at radius 3 is 2.70 bits per heavy atom. The molecular formula is C16H23FN2O3S. The van der Waals surface area contributed by atoms with Crippen LogP contribution in [0.4, 0.5) is 4.39 Å². The van der Waals surface area contributed by atoms with Gasteiger partial charge in [-0.25, -0.2) is 12.8 Å². The first-order chi connectivity index (χ1) is 11.0. The highest BCUT2D eigenvalue weighted by Crippen LogP contribution is 2.33. The van der Waals surface area contributed by atoms with Gasteiger partial charge in [-0.15, -0.1) is 0 Å². The molecule has 2 heterocycles. The summed E-state index contributed by atoms with van der Waals surface area (Å²) in [6.45, 7) is 1.70. The summed E-state index contributed by atoms with van der Waals surface area (Å²) in [6.07, 6.45) is 8.05. The molecule has 128 valence electrons. The summed E-state index contributed by atoms with van der Waals surface area (Å²) in [6, 6.07) is 0. The normalized spacial score (nSPS) is 29.6. The molecule has 0 N–H and O–H groups in total. The largest absolute Gasteiger partial charge is 0.331 e. The molecule has 1 aromatic heterocycles. The minimum absolute atomic E-state index is 0.0755. The maximum absolute atomic E-state index is 14.3. The van der Waals surface area contributed by atoms with Crippen molar-refractivity contribution in [1.29, 1.82) is 0 Å². The summed E-state index contributed by atoms with van der Waals surface area (Å²) in [7, 11) is -3.00. The Balaban J connectivity index is 1.69. The van der Waals surface area contributed by atoms with E-state index in [4.69, 9.17) is 4.52 Å². The highest BCUT2D eigenvalue weighted by molar-refractivity contribution is 7.92. The molecule has 0 amide bonds. The van der Waals surface area contributed by atoms with Crippen molar-refractivity contribution in [1.82, 2.24) is 10.1 Å². The van der Waals surface area contributed by atoms with Crippen LogP contribution in [0.1, 0.15) is 69.5 Å². The van der Waals surface area contributed by atoms with Gasteiger partial charge < -0.3 is 4.52 Å². The monoisotopic (exact) mass is 342 g/mol. The first kappa shape index (κ1) is 16.6. The molecule has 0 aromatic carbocycles. The lowest BCUT2D eigenvalue weighted by atomic mass is 9.89. The summed E-state index contributed by atoms with van der Waals surface area (Å²) in [5, 5.41) is 3.46. The molecule has 23 heavy (non-hydrogen) atoms. The van der Waals surface area contributed by atoms with Gasteiger partial charge in [0.25, 0.3) is 5.89 Å². The number of allylic oxidation sites excluding steroid dienone is 1. The first-order valence-corrected chi connectivity index (χ1v) is 10.1. The Morgan fingerprint density at radius 2 is 2.00 bits per heavy atom. The van der Waals surface area contributed by atoms with Crippen molar-refractivity contribution in [2.45, 2.75) is 63.0 Å². The highest BCUT2D eigenvalue weighted by Gasteiger charge is 2.34. The molecule has 1 saturated heterocycles. The smallest absolute Gasteiger partial charge is 0.286 e. The third-order valence-electron chi connectivity index (χ3n) is 5.02. The lowest BCUT2D eigenvalue weighted by Gasteiger charge is -2.24. The molecular weight excluding hydrogens is 319 g/mol. The topological polar surface area (TPSA) is 73.1 Å². The zero-order valence-corrected chi connectivity index (χ0v) is 14.2. The van der Waals surface area contributed by atoms with E-state index in [-0.39, 0.29) is 23.5 Å². The van der Waals surface area contributed by atoms with Crippen LogP contribution in [0, 0.1) is 5.92 Å². The summed E-state index contributed by atoms with van der Waals surface area (Å²) in [5.74, 6) is 0.198. The van der Waals surface area contributed by atoms with Crippen LogP contribution in [-0.4, -0.2) is 29.6 Å². The molecule has 1 aromatic rings. The molecule has 2 atom stereocenters. The van der Waals surface area contributed by atoms with Crippen LogP contribution in [0.3, 0.4) is 0 Å². The summed E-state index contributed by atoms with van der Waals surface area (Å²) in [5.41, 5.74) is 0. The predicted octanol–water partition coefficient (Wildman–Crippen LogP) is 3.64. The van der Waals surface area contributed by atoms with Gasteiger partial charge in [-0.3, -0.25) is 0 Å². The average molecular weight is 342 g/mol. The van der Waals surface area contributed by atoms with Crippen molar-refractivity contribution >= 4 is 15.7 Å². The molecule has 7 heteroatoms. The minimum Gasteiger partial charge on any atom is -0.331 e. The second kappa shape index (κ2) is 6.71. The van der Waals surface area contributed by atoms with Gasteiger partial charge in [0.2, 0.25) is 0 Å². The number of halogens is 1. The van der Waals surface area contributed by atoms with Crippen molar-refractivity contribution in [2.75, 3.05) is 5.75 Å². The van der Waals surface area contributed by atoms with Crippen LogP contribution in [0.15, 0.2) is 10.6 Å². The molecule has 1 saturated carbocycles. The van der Waals surface area contributed by atoms with E-state index < -0.39 is 20.9 Å². The van der Waals surface area contributed by atoms with Crippen molar-refractivity contribution in [3.05, 3.63) is 17.8 Å². The Bertz CT molecular complexity index is 677. The van der Waals surface area contributed by atoms with Gasteiger partial charge >= 0.3 is 0 Å². The number of rotatable bonds is 3. The third kappa shape index (κ3) is 3.82. The number of aromatic nitrogens is 2. The SMILES string of the molecule is C[C@@H]1C[C@@H](c2noc(/C(F)=C/C3CCCCC3)n2)CCS1(=O)=O. The van der Waals surface area contributed by atoms with E-state index in [0.717, 1.165) is 25.7 Å². The van der Waals surface area contributed by atoms with Crippen LogP contribution in [0.25, 0.3) is 5.83 Å². The Hall–Kier alpha value is -1.24. The molecule has 0 unspecified atom stereocenters. The van der Waals surface area contributed by atoms with E-state index in [9.17, 15) is 12.8 Å². The molecule has 2 aliphatic rings. The number of nitrogens with zero attached hydrogens (tertiary/aromatic N) is 2. The van der Waals surface area contributed by atoms with Crippen LogP contribution < -0.4 is 0 Å². The van der Waals surface area contributed by atoms with Crippen molar-refractivity contribution in [3.63, 3.8) is 0 Å². The fourth-order valence-corrected chi connectivity index (χ4v) is 5.03. The Morgan fingerprint density at radius 1 is 1.26 bits per heavy atom. The molecule has 1 aliphatic heterocycles. The Kier molecular flexibility index (Phi) is 4.85. The van der Waals surface area contributed by atoms with Gasteiger partial charge in [0, 0.05) is 5.92 Å². The number of sulfone groups is 1. The molecule has 2 fully saturated rings. The summed E-state index contributed by atoms with van der Waals surface area (Å²) in [4.78, 5) is 4.17. The maximum Gasteiger partial charge on any atom is 0.286 e. The van der Waals surface area contributed by atoms with Gasteiger partial charge in [-0.1, -0.05) is 24.4 Å². The first-order valence-electron chi connectivity index (χ1n) is 8.38. The Labute approximate surface area is 136 Å². The quantitative estimate of drug-likeness (QED) is 0.838. The second-order valence-electron chi connectivity index (χ2n) is 6.77. The van der Waals surface area contributed by atoms with Crippen molar-refractivity contribution < 1.29 is 17.3 Å². The lowest BCUT2D eigenvalue weighted by Crippen LogP contribution is -2.30. The van der Waals surface area contributed by atoms with Gasteiger partial charge in [0.05, 0.1) is 11.0 Å². The van der Waals surface area contributed by atoms with E-state index in [1.54, 1.807) is 13.0 Å². The van der Waals surface area contributed by atoms with Crippen LogP contribution in [0.2, 0.25) is 0 Å². The molecule has 5 nitrogen and oxygen atoms in total. The van der Waals surface area contributed by atoms with Crippen molar-refractivity contribution in [2.24, 2.45) is 5.92 Å². The van der Waals surface area contributed by atoms with E-state index in [1.165, 1.54) is 6.42 Å². The van der Waals surface area contributed by atoms with Gasteiger partial charge in [0.15, 0.2) is 21.5 Å². The van der Waals surface area contributed by atoms with Crippen LogP contribution in [-0.2, 0) is 9.84 Å². The number of hydrogen-bond donors (Lipinski definition) is 0. The van der Waals surface area contributed by atoms with E-state index in [2.05, 4.69) is 10.1 Å². The zero-order chi connectivity index (χ0) is 16.4. The third-order valence-corrected chi connectivity index (χ3v) is 7.25. The lowest BCUT2D eigenvalue weighted by molar-refractivity contribution is 0.378. The molecule has 3 rings (SSSR count).